The van der Waals surface area contributed by atoms with Gasteiger partial charge in [0.15, 0.2) is 0 Å². The van der Waals surface area contributed by atoms with E-state index in [4.69, 9.17) is 0 Å². The third-order valence-electron chi connectivity index (χ3n) is 3.24. The summed E-state index contributed by atoms with van der Waals surface area (Å²) in [6.07, 6.45) is 2.36. The van der Waals surface area contributed by atoms with Gasteiger partial charge in [0.25, 0.3) is 0 Å². The fraction of sp³-hybridized carbons (Fsp3) is 0.625. The van der Waals surface area contributed by atoms with Gasteiger partial charge in [-0.2, -0.15) is 0 Å². The van der Waals surface area contributed by atoms with E-state index < -0.39 is 0 Å². The zero-order valence-electron chi connectivity index (χ0n) is 13.3. The van der Waals surface area contributed by atoms with Crippen LogP contribution in [0.1, 0.15) is 57.9 Å². The number of amides is 2. The molecule has 0 saturated heterocycles. The maximum atomic E-state index is 12.1. The summed E-state index contributed by atoms with van der Waals surface area (Å²) >= 11 is 1.55. The first-order valence-electron chi connectivity index (χ1n) is 7.48. The molecule has 118 valence electrons. The Morgan fingerprint density at radius 2 is 1.90 bits per heavy atom. The summed E-state index contributed by atoms with van der Waals surface area (Å²) in [5.41, 5.74) is 0. The van der Waals surface area contributed by atoms with E-state index >= 15 is 0 Å². The van der Waals surface area contributed by atoms with Crippen LogP contribution < -0.4 is 10.6 Å². The second-order valence-electron chi connectivity index (χ2n) is 5.91. The molecule has 0 fully saturated rings. The molecule has 1 aromatic heterocycles. The minimum absolute atomic E-state index is 0.0154. The Hall–Kier alpha value is -1.36. The molecular weight excluding hydrogens is 284 g/mol. The highest BCUT2D eigenvalue weighted by Crippen LogP contribution is 2.22. The standard InChI is InChI=1S/C16H26N2O2S/c1-11(2)7-8-12(3)17-16(20)10-14(18-13(4)19)15-6-5-9-21-15/h5-6,9,11-12,14H,7-8,10H2,1-4H3,(H,17,20)(H,18,19)/t12-,14+/m1/s1. The monoisotopic (exact) mass is 310 g/mol. The predicted octanol–water partition coefficient (Wildman–Crippen LogP) is 3.26. The van der Waals surface area contributed by atoms with Gasteiger partial charge in [0.2, 0.25) is 11.8 Å². The van der Waals surface area contributed by atoms with E-state index in [-0.39, 0.29) is 30.3 Å². The molecule has 1 heterocycles. The quantitative estimate of drug-likeness (QED) is 0.774. The fourth-order valence-corrected chi connectivity index (χ4v) is 2.91. The largest absolute Gasteiger partial charge is 0.354 e. The van der Waals surface area contributed by atoms with Crippen LogP contribution in [0.4, 0.5) is 0 Å². The molecular formula is C16H26N2O2S. The Kier molecular flexibility index (Phi) is 7.43. The van der Waals surface area contributed by atoms with Crippen molar-refractivity contribution in [3.63, 3.8) is 0 Å². The molecule has 5 heteroatoms. The lowest BCUT2D eigenvalue weighted by Crippen LogP contribution is -2.36. The molecule has 0 spiro atoms. The summed E-state index contributed by atoms with van der Waals surface area (Å²) in [5, 5.41) is 7.81. The Morgan fingerprint density at radius 1 is 1.19 bits per heavy atom. The molecule has 0 bridgehead atoms. The minimum Gasteiger partial charge on any atom is -0.354 e. The van der Waals surface area contributed by atoms with Crippen LogP contribution in [0.2, 0.25) is 0 Å². The van der Waals surface area contributed by atoms with Crippen LogP contribution in [0.15, 0.2) is 17.5 Å². The molecule has 0 aliphatic carbocycles. The lowest BCUT2D eigenvalue weighted by Gasteiger charge is -2.19. The van der Waals surface area contributed by atoms with E-state index in [1.165, 1.54) is 6.92 Å². The number of rotatable bonds is 8. The molecule has 2 amide bonds. The molecule has 2 N–H and O–H groups in total. The average molecular weight is 310 g/mol. The highest BCUT2D eigenvalue weighted by atomic mass is 32.1. The molecule has 2 atom stereocenters. The van der Waals surface area contributed by atoms with Crippen LogP contribution in [0, 0.1) is 5.92 Å². The Bertz CT molecular complexity index is 443. The van der Waals surface area contributed by atoms with E-state index in [2.05, 4.69) is 24.5 Å². The Morgan fingerprint density at radius 3 is 2.43 bits per heavy atom. The van der Waals surface area contributed by atoms with Gasteiger partial charge in [-0.1, -0.05) is 19.9 Å². The molecule has 0 saturated carbocycles. The van der Waals surface area contributed by atoms with Crippen molar-refractivity contribution in [1.29, 1.82) is 0 Å². The van der Waals surface area contributed by atoms with Gasteiger partial charge in [-0.25, -0.2) is 0 Å². The third kappa shape index (κ3) is 7.27. The van der Waals surface area contributed by atoms with E-state index in [1.807, 2.05) is 24.4 Å². The number of nitrogens with one attached hydrogen (secondary N) is 2. The summed E-state index contributed by atoms with van der Waals surface area (Å²) in [6.45, 7) is 7.86. The zero-order valence-corrected chi connectivity index (χ0v) is 14.1. The molecule has 0 aliphatic heterocycles. The highest BCUT2D eigenvalue weighted by Gasteiger charge is 2.19. The maximum Gasteiger partial charge on any atom is 0.222 e. The number of carbonyl (C=O) groups is 2. The zero-order chi connectivity index (χ0) is 15.8. The van der Waals surface area contributed by atoms with Crippen LogP contribution in [0.25, 0.3) is 0 Å². The number of carbonyl (C=O) groups excluding carboxylic acids is 2. The van der Waals surface area contributed by atoms with E-state index in [1.54, 1.807) is 11.3 Å². The normalized spacial score (nSPS) is 13.8. The molecule has 0 radical (unpaired) electrons. The van der Waals surface area contributed by atoms with Crippen LogP contribution in [0.5, 0.6) is 0 Å². The van der Waals surface area contributed by atoms with Gasteiger partial charge in [-0.15, -0.1) is 11.3 Å². The first kappa shape index (κ1) is 17.7. The summed E-state index contributed by atoms with van der Waals surface area (Å²) in [7, 11) is 0. The second kappa shape index (κ2) is 8.82. The van der Waals surface area contributed by atoms with Crippen LogP contribution >= 0.6 is 11.3 Å². The number of hydrogen-bond donors (Lipinski definition) is 2. The molecule has 4 nitrogen and oxygen atoms in total. The topological polar surface area (TPSA) is 58.2 Å². The third-order valence-corrected chi connectivity index (χ3v) is 4.22. The molecule has 1 aromatic rings. The lowest BCUT2D eigenvalue weighted by molar-refractivity contribution is -0.123. The van der Waals surface area contributed by atoms with Crippen molar-refractivity contribution in [2.24, 2.45) is 5.92 Å². The fourth-order valence-electron chi connectivity index (χ4n) is 2.13. The van der Waals surface area contributed by atoms with Crippen molar-refractivity contribution in [1.82, 2.24) is 10.6 Å². The lowest BCUT2D eigenvalue weighted by atomic mass is 10.0. The Labute approximate surface area is 131 Å². The van der Waals surface area contributed by atoms with Gasteiger partial charge in [0, 0.05) is 17.8 Å². The SMILES string of the molecule is CC(=O)N[C@@H](CC(=O)N[C@H](C)CCC(C)C)c1cccs1. The van der Waals surface area contributed by atoms with Crippen molar-refractivity contribution >= 4 is 23.2 Å². The van der Waals surface area contributed by atoms with Crippen molar-refractivity contribution in [2.45, 2.75) is 59.0 Å². The van der Waals surface area contributed by atoms with Crippen molar-refractivity contribution < 1.29 is 9.59 Å². The van der Waals surface area contributed by atoms with Gasteiger partial charge < -0.3 is 10.6 Å². The first-order chi connectivity index (χ1) is 9.88. The summed E-state index contributed by atoms with van der Waals surface area (Å²) in [4.78, 5) is 24.4. The summed E-state index contributed by atoms with van der Waals surface area (Å²) in [5.74, 6) is 0.509. The van der Waals surface area contributed by atoms with Gasteiger partial charge >= 0.3 is 0 Å². The predicted molar refractivity (Wildman–Crippen MR) is 87.2 cm³/mol. The first-order valence-corrected chi connectivity index (χ1v) is 8.36. The van der Waals surface area contributed by atoms with Crippen molar-refractivity contribution in [2.75, 3.05) is 0 Å². The van der Waals surface area contributed by atoms with Crippen molar-refractivity contribution in [3.05, 3.63) is 22.4 Å². The van der Waals surface area contributed by atoms with Gasteiger partial charge in [-0.05, 0) is 37.1 Å². The van der Waals surface area contributed by atoms with E-state index in [0.29, 0.717) is 5.92 Å². The molecule has 0 aliphatic rings. The minimum atomic E-state index is -0.236. The number of thiophene rings is 1. The maximum absolute atomic E-state index is 12.1. The molecule has 0 aromatic carbocycles. The number of hydrogen-bond acceptors (Lipinski definition) is 3. The van der Waals surface area contributed by atoms with Crippen LogP contribution in [0.3, 0.4) is 0 Å². The summed E-state index contributed by atoms with van der Waals surface area (Å²) in [6, 6.07) is 3.81. The van der Waals surface area contributed by atoms with Gasteiger partial charge in [0.1, 0.15) is 0 Å². The smallest absolute Gasteiger partial charge is 0.222 e. The van der Waals surface area contributed by atoms with Crippen LogP contribution in [-0.4, -0.2) is 17.9 Å². The van der Waals surface area contributed by atoms with Crippen LogP contribution in [-0.2, 0) is 9.59 Å². The van der Waals surface area contributed by atoms with E-state index in [9.17, 15) is 9.59 Å². The average Bonchev–Trinajstić information content (AvgIpc) is 2.88. The second-order valence-corrected chi connectivity index (χ2v) is 6.89. The van der Waals surface area contributed by atoms with Crippen molar-refractivity contribution in [3.8, 4) is 0 Å². The molecule has 21 heavy (non-hydrogen) atoms. The summed E-state index contributed by atoms with van der Waals surface area (Å²) < 4.78 is 0. The van der Waals surface area contributed by atoms with E-state index in [0.717, 1.165) is 17.7 Å². The van der Waals surface area contributed by atoms with Gasteiger partial charge in [-0.3, -0.25) is 9.59 Å². The Balaban J connectivity index is 2.50. The molecule has 1 rings (SSSR count). The van der Waals surface area contributed by atoms with Gasteiger partial charge in [0.05, 0.1) is 12.5 Å². The highest BCUT2D eigenvalue weighted by molar-refractivity contribution is 7.10. The molecule has 0 unspecified atom stereocenters.